The van der Waals surface area contributed by atoms with Crippen molar-refractivity contribution >= 4 is 15.7 Å². The van der Waals surface area contributed by atoms with Gasteiger partial charge < -0.3 is 5.32 Å². The number of nitrogens with one attached hydrogen (secondary N) is 1. The zero-order chi connectivity index (χ0) is 14.6. The summed E-state index contributed by atoms with van der Waals surface area (Å²) < 4.78 is 35.6. The van der Waals surface area contributed by atoms with Crippen LogP contribution in [-0.4, -0.2) is 15.0 Å². The first kappa shape index (κ1) is 14.5. The van der Waals surface area contributed by atoms with E-state index in [2.05, 4.69) is 5.32 Å². The van der Waals surface area contributed by atoms with Crippen molar-refractivity contribution in [2.75, 3.05) is 11.9 Å². The first-order valence-corrected chi connectivity index (χ1v) is 7.61. The Morgan fingerprint density at radius 3 is 2.30 bits per heavy atom. The maximum absolute atomic E-state index is 13.4. The SMILES string of the molecule is NS(=O)(=O)c1ccc(NCCc2ccccc2F)cc1. The molecule has 4 nitrogen and oxygen atoms in total. The lowest BCUT2D eigenvalue weighted by atomic mass is 10.1. The van der Waals surface area contributed by atoms with Crippen molar-refractivity contribution in [3.8, 4) is 0 Å². The molecule has 0 spiro atoms. The van der Waals surface area contributed by atoms with E-state index >= 15 is 0 Å². The Labute approximate surface area is 117 Å². The molecule has 0 aliphatic rings. The van der Waals surface area contributed by atoms with Crippen LogP contribution >= 0.6 is 0 Å². The van der Waals surface area contributed by atoms with E-state index in [4.69, 9.17) is 5.14 Å². The number of primary sulfonamides is 1. The number of halogens is 1. The van der Waals surface area contributed by atoms with E-state index in [9.17, 15) is 12.8 Å². The smallest absolute Gasteiger partial charge is 0.238 e. The first-order chi connectivity index (χ1) is 9.47. The van der Waals surface area contributed by atoms with Gasteiger partial charge in [0.1, 0.15) is 5.82 Å². The number of rotatable bonds is 5. The molecule has 2 aromatic carbocycles. The van der Waals surface area contributed by atoms with Crippen LogP contribution in [0, 0.1) is 5.82 Å². The summed E-state index contributed by atoms with van der Waals surface area (Å²) in [6, 6.07) is 12.7. The van der Waals surface area contributed by atoms with Crippen LogP contribution in [0.3, 0.4) is 0 Å². The summed E-state index contributed by atoms with van der Waals surface area (Å²) in [6.07, 6.45) is 0.545. The van der Waals surface area contributed by atoms with Crippen LogP contribution in [-0.2, 0) is 16.4 Å². The maximum atomic E-state index is 13.4. The van der Waals surface area contributed by atoms with Crippen molar-refractivity contribution in [1.29, 1.82) is 0 Å². The normalized spacial score (nSPS) is 11.3. The standard InChI is InChI=1S/C14H15FN2O2S/c15-14-4-2-1-3-11(14)9-10-17-12-5-7-13(8-6-12)20(16,18)19/h1-8,17H,9-10H2,(H2,16,18,19). The van der Waals surface area contributed by atoms with Crippen molar-refractivity contribution in [2.45, 2.75) is 11.3 Å². The summed E-state index contributed by atoms with van der Waals surface area (Å²) in [5.41, 5.74) is 1.40. The number of anilines is 1. The highest BCUT2D eigenvalue weighted by molar-refractivity contribution is 7.89. The van der Waals surface area contributed by atoms with Crippen LogP contribution in [0.25, 0.3) is 0 Å². The Balaban J connectivity index is 1.94. The molecule has 2 rings (SSSR count). The molecule has 0 fully saturated rings. The Morgan fingerprint density at radius 1 is 1.05 bits per heavy atom. The summed E-state index contributed by atoms with van der Waals surface area (Å²) in [6.45, 7) is 0.551. The fourth-order valence-corrected chi connectivity index (χ4v) is 2.32. The lowest BCUT2D eigenvalue weighted by Crippen LogP contribution is -2.12. The minimum absolute atomic E-state index is 0.0668. The minimum Gasteiger partial charge on any atom is -0.385 e. The van der Waals surface area contributed by atoms with E-state index in [1.807, 2.05) is 0 Å². The second kappa shape index (κ2) is 6.02. The van der Waals surface area contributed by atoms with E-state index in [0.29, 0.717) is 18.5 Å². The van der Waals surface area contributed by atoms with Gasteiger partial charge in [0.15, 0.2) is 0 Å². The average molecular weight is 294 g/mol. The van der Waals surface area contributed by atoms with Gasteiger partial charge in [0.25, 0.3) is 0 Å². The molecular weight excluding hydrogens is 279 g/mol. The maximum Gasteiger partial charge on any atom is 0.238 e. The molecule has 0 unspecified atom stereocenters. The number of sulfonamides is 1. The summed E-state index contributed by atoms with van der Waals surface area (Å²) in [4.78, 5) is 0.0668. The zero-order valence-electron chi connectivity index (χ0n) is 10.7. The molecule has 0 bridgehead atoms. The fraction of sp³-hybridized carbons (Fsp3) is 0.143. The van der Waals surface area contributed by atoms with E-state index < -0.39 is 10.0 Å². The van der Waals surface area contributed by atoms with Gasteiger partial charge in [-0.1, -0.05) is 18.2 Å². The quantitative estimate of drug-likeness (QED) is 0.887. The third kappa shape index (κ3) is 3.79. The van der Waals surface area contributed by atoms with Gasteiger partial charge in [-0.05, 0) is 42.3 Å². The molecule has 6 heteroatoms. The summed E-state index contributed by atoms with van der Waals surface area (Å²) in [5, 5.41) is 8.11. The van der Waals surface area contributed by atoms with Crippen molar-refractivity contribution in [2.24, 2.45) is 5.14 Å². The molecule has 0 aliphatic heterocycles. The first-order valence-electron chi connectivity index (χ1n) is 6.07. The van der Waals surface area contributed by atoms with E-state index in [0.717, 1.165) is 5.69 Å². The van der Waals surface area contributed by atoms with E-state index in [1.165, 1.54) is 18.2 Å². The summed E-state index contributed by atoms with van der Waals surface area (Å²) in [7, 11) is -3.67. The second-order valence-electron chi connectivity index (χ2n) is 4.34. The van der Waals surface area contributed by atoms with E-state index in [1.54, 1.807) is 30.3 Å². The van der Waals surface area contributed by atoms with Crippen molar-refractivity contribution in [1.82, 2.24) is 0 Å². The van der Waals surface area contributed by atoms with Crippen molar-refractivity contribution < 1.29 is 12.8 Å². The molecule has 0 saturated heterocycles. The predicted octanol–water partition coefficient (Wildman–Crippen LogP) is 2.13. The highest BCUT2D eigenvalue weighted by Crippen LogP contribution is 2.13. The van der Waals surface area contributed by atoms with Crippen LogP contribution in [0.1, 0.15) is 5.56 Å². The number of benzene rings is 2. The molecule has 0 heterocycles. The molecule has 2 aromatic rings. The van der Waals surface area contributed by atoms with Crippen molar-refractivity contribution in [3.05, 3.63) is 59.9 Å². The number of hydrogen-bond acceptors (Lipinski definition) is 3. The number of nitrogens with two attached hydrogens (primary N) is 1. The molecule has 0 aliphatic carbocycles. The molecular formula is C14H15FN2O2S. The van der Waals surface area contributed by atoms with E-state index in [-0.39, 0.29) is 10.7 Å². The zero-order valence-corrected chi connectivity index (χ0v) is 11.5. The summed E-state index contributed by atoms with van der Waals surface area (Å²) in [5.74, 6) is -0.223. The van der Waals surface area contributed by atoms with Gasteiger partial charge in [0.05, 0.1) is 4.90 Å². The molecule has 0 amide bonds. The van der Waals surface area contributed by atoms with Crippen LogP contribution in [0.15, 0.2) is 53.4 Å². The monoisotopic (exact) mass is 294 g/mol. The average Bonchev–Trinajstić information content (AvgIpc) is 2.40. The Bertz CT molecular complexity index is 685. The van der Waals surface area contributed by atoms with Gasteiger partial charge in [-0.2, -0.15) is 0 Å². The largest absolute Gasteiger partial charge is 0.385 e. The minimum atomic E-state index is -3.67. The molecule has 20 heavy (non-hydrogen) atoms. The van der Waals surface area contributed by atoms with Crippen LogP contribution in [0.4, 0.5) is 10.1 Å². The van der Waals surface area contributed by atoms with Gasteiger partial charge >= 0.3 is 0 Å². The molecule has 3 N–H and O–H groups in total. The lowest BCUT2D eigenvalue weighted by Gasteiger charge is -2.07. The third-order valence-electron chi connectivity index (χ3n) is 2.86. The second-order valence-corrected chi connectivity index (χ2v) is 5.90. The molecule has 0 atom stereocenters. The van der Waals surface area contributed by atoms with Crippen molar-refractivity contribution in [3.63, 3.8) is 0 Å². The van der Waals surface area contributed by atoms with Gasteiger partial charge in [-0.3, -0.25) is 0 Å². The predicted molar refractivity (Wildman–Crippen MR) is 76.4 cm³/mol. The fourth-order valence-electron chi connectivity index (χ4n) is 1.81. The third-order valence-corrected chi connectivity index (χ3v) is 3.79. The Kier molecular flexibility index (Phi) is 4.36. The Morgan fingerprint density at radius 2 is 1.70 bits per heavy atom. The van der Waals surface area contributed by atoms with Gasteiger partial charge in [0.2, 0.25) is 10.0 Å². The number of hydrogen-bond donors (Lipinski definition) is 2. The van der Waals surface area contributed by atoms with Gasteiger partial charge in [0, 0.05) is 12.2 Å². The topological polar surface area (TPSA) is 72.2 Å². The van der Waals surface area contributed by atoms with Gasteiger partial charge in [-0.25, -0.2) is 17.9 Å². The van der Waals surface area contributed by atoms with Crippen LogP contribution < -0.4 is 10.5 Å². The summed E-state index contributed by atoms with van der Waals surface area (Å²) >= 11 is 0. The van der Waals surface area contributed by atoms with Gasteiger partial charge in [-0.15, -0.1) is 0 Å². The highest BCUT2D eigenvalue weighted by Gasteiger charge is 2.06. The van der Waals surface area contributed by atoms with Crippen LogP contribution in [0.5, 0.6) is 0 Å². The Hall–Kier alpha value is -1.92. The molecule has 0 saturated carbocycles. The molecule has 0 radical (unpaired) electrons. The van der Waals surface area contributed by atoms with Crippen LogP contribution in [0.2, 0.25) is 0 Å². The lowest BCUT2D eigenvalue weighted by molar-refractivity contribution is 0.597. The molecule has 106 valence electrons. The highest BCUT2D eigenvalue weighted by atomic mass is 32.2. The molecule has 0 aromatic heterocycles.